The average molecular weight is 280 g/mol. The van der Waals surface area contributed by atoms with E-state index in [1.54, 1.807) is 6.92 Å². The predicted molar refractivity (Wildman–Crippen MR) is 50.7 cm³/mol. The molecule has 0 spiro atoms. The molecular formula is C10H14F6O2. The first-order valence-corrected chi connectivity index (χ1v) is 5.29. The molecule has 0 saturated carbocycles. The molecule has 0 atom stereocenters. The summed E-state index contributed by atoms with van der Waals surface area (Å²) >= 11 is 0. The van der Waals surface area contributed by atoms with Crippen molar-refractivity contribution in [3.05, 3.63) is 0 Å². The molecule has 0 aliphatic rings. The fourth-order valence-corrected chi connectivity index (χ4v) is 1.05. The van der Waals surface area contributed by atoms with Crippen molar-refractivity contribution in [2.24, 2.45) is 5.41 Å². The van der Waals surface area contributed by atoms with Gasteiger partial charge in [-0.2, -0.15) is 26.3 Å². The van der Waals surface area contributed by atoms with E-state index in [0.29, 0.717) is 12.8 Å². The van der Waals surface area contributed by atoms with Crippen LogP contribution in [0.5, 0.6) is 0 Å². The number of alkyl halides is 6. The Bertz CT molecular complexity index is 267. The number of carbonyl (C=O) groups is 1. The van der Waals surface area contributed by atoms with Crippen LogP contribution in [0, 0.1) is 5.41 Å². The van der Waals surface area contributed by atoms with Gasteiger partial charge in [0, 0.05) is 0 Å². The minimum Gasteiger partial charge on any atom is -0.465 e. The standard InChI is InChI=1S/C10H14F6O2/c1-3-4-5-6-18-7(17)8(2,9(11,12)13)10(14,15)16/h3-6H2,1-2H3. The lowest BCUT2D eigenvalue weighted by atomic mass is 9.89. The molecule has 2 nitrogen and oxygen atoms in total. The summed E-state index contributed by atoms with van der Waals surface area (Å²) in [6, 6.07) is 0. The Hall–Kier alpha value is -0.950. The number of carbonyl (C=O) groups excluding carboxylic acids is 1. The zero-order valence-corrected chi connectivity index (χ0v) is 9.91. The largest absolute Gasteiger partial charge is 0.465 e. The molecule has 0 fully saturated rings. The molecule has 8 heteroatoms. The zero-order chi connectivity index (χ0) is 14.6. The highest BCUT2D eigenvalue weighted by Crippen LogP contribution is 2.50. The lowest BCUT2D eigenvalue weighted by Crippen LogP contribution is -2.54. The Morgan fingerprint density at radius 3 is 1.78 bits per heavy atom. The molecule has 0 N–H and O–H groups in total. The molecule has 108 valence electrons. The number of hydrogen-bond donors (Lipinski definition) is 0. The van der Waals surface area contributed by atoms with E-state index in [2.05, 4.69) is 4.74 Å². The number of rotatable bonds is 5. The van der Waals surface area contributed by atoms with E-state index in [9.17, 15) is 31.1 Å². The summed E-state index contributed by atoms with van der Waals surface area (Å²) in [5.41, 5.74) is -4.48. The van der Waals surface area contributed by atoms with E-state index in [4.69, 9.17) is 0 Å². The van der Waals surface area contributed by atoms with Crippen molar-refractivity contribution in [3.8, 4) is 0 Å². The van der Waals surface area contributed by atoms with Crippen molar-refractivity contribution in [3.63, 3.8) is 0 Å². The number of esters is 1. The van der Waals surface area contributed by atoms with Gasteiger partial charge in [-0.05, 0) is 13.3 Å². The Morgan fingerprint density at radius 2 is 1.44 bits per heavy atom. The van der Waals surface area contributed by atoms with Gasteiger partial charge in [-0.15, -0.1) is 0 Å². The molecule has 0 bridgehead atoms. The van der Waals surface area contributed by atoms with Gasteiger partial charge in [-0.3, -0.25) is 4.79 Å². The smallest absolute Gasteiger partial charge is 0.413 e. The van der Waals surface area contributed by atoms with Crippen LogP contribution in [0.3, 0.4) is 0 Å². The first-order valence-electron chi connectivity index (χ1n) is 5.29. The number of hydrogen-bond acceptors (Lipinski definition) is 2. The van der Waals surface area contributed by atoms with Crippen molar-refractivity contribution in [2.75, 3.05) is 6.61 Å². The molecule has 0 aromatic rings. The normalized spacial score (nSPS) is 13.6. The molecule has 0 aliphatic heterocycles. The van der Waals surface area contributed by atoms with Crippen LogP contribution in [-0.2, 0) is 9.53 Å². The van der Waals surface area contributed by atoms with Crippen LogP contribution in [0.1, 0.15) is 33.1 Å². The second-order valence-electron chi connectivity index (χ2n) is 3.96. The van der Waals surface area contributed by atoms with E-state index in [1.165, 1.54) is 0 Å². The Balaban J connectivity index is 4.86. The van der Waals surface area contributed by atoms with Gasteiger partial charge in [-0.25, -0.2) is 0 Å². The van der Waals surface area contributed by atoms with Gasteiger partial charge in [0.2, 0.25) is 0 Å². The van der Waals surface area contributed by atoms with E-state index in [-0.39, 0.29) is 13.3 Å². The van der Waals surface area contributed by atoms with Crippen molar-refractivity contribution in [2.45, 2.75) is 45.5 Å². The van der Waals surface area contributed by atoms with Gasteiger partial charge in [0.1, 0.15) is 0 Å². The van der Waals surface area contributed by atoms with Crippen molar-refractivity contribution < 1.29 is 35.9 Å². The van der Waals surface area contributed by atoms with Crippen LogP contribution in [0.4, 0.5) is 26.3 Å². The van der Waals surface area contributed by atoms with E-state index in [0.717, 1.165) is 0 Å². The van der Waals surface area contributed by atoms with Gasteiger partial charge in [0.25, 0.3) is 5.41 Å². The van der Waals surface area contributed by atoms with Crippen LogP contribution in [-0.4, -0.2) is 24.9 Å². The van der Waals surface area contributed by atoms with E-state index in [1.807, 2.05) is 0 Å². The second kappa shape index (κ2) is 5.79. The van der Waals surface area contributed by atoms with Crippen LogP contribution >= 0.6 is 0 Å². The van der Waals surface area contributed by atoms with E-state index < -0.39 is 30.3 Å². The lowest BCUT2D eigenvalue weighted by Gasteiger charge is -2.31. The molecule has 0 aromatic heterocycles. The highest BCUT2D eigenvalue weighted by atomic mass is 19.4. The minimum absolute atomic E-state index is 0.213. The quantitative estimate of drug-likeness (QED) is 0.434. The molecule has 0 unspecified atom stereocenters. The summed E-state index contributed by atoms with van der Waals surface area (Å²) < 4.78 is 78.5. The predicted octanol–water partition coefficient (Wildman–Crippen LogP) is 3.85. The highest BCUT2D eigenvalue weighted by molar-refractivity contribution is 5.78. The number of ether oxygens (including phenoxy) is 1. The van der Waals surface area contributed by atoms with Crippen LogP contribution in [0.15, 0.2) is 0 Å². The molecule has 0 amide bonds. The summed E-state index contributed by atoms with van der Waals surface area (Å²) in [6.45, 7) is 1.13. The Morgan fingerprint density at radius 1 is 1.00 bits per heavy atom. The number of halogens is 6. The molecular weight excluding hydrogens is 266 g/mol. The Labute approximate surface area is 100 Å². The molecule has 0 aromatic carbocycles. The molecule has 0 aliphatic carbocycles. The molecule has 18 heavy (non-hydrogen) atoms. The summed E-state index contributed by atoms with van der Waals surface area (Å²) in [4.78, 5) is 11.1. The van der Waals surface area contributed by atoms with Crippen molar-refractivity contribution in [1.82, 2.24) is 0 Å². The van der Waals surface area contributed by atoms with Gasteiger partial charge >= 0.3 is 18.3 Å². The fraction of sp³-hybridized carbons (Fsp3) is 0.900. The van der Waals surface area contributed by atoms with Crippen LogP contribution in [0.25, 0.3) is 0 Å². The average Bonchev–Trinajstić information content (AvgIpc) is 2.19. The molecule has 0 saturated heterocycles. The van der Waals surface area contributed by atoms with Gasteiger partial charge in [0.15, 0.2) is 0 Å². The summed E-state index contributed by atoms with van der Waals surface area (Å²) in [5.74, 6) is -2.31. The van der Waals surface area contributed by atoms with Crippen molar-refractivity contribution in [1.29, 1.82) is 0 Å². The minimum atomic E-state index is -5.74. The van der Waals surface area contributed by atoms with Gasteiger partial charge < -0.3 is 4.74 Å². The topological polar surface area (TPSA) is 26.3 Å². The summed E-state index contributed by atoms with van der Waals surface area (Å²) in [5, 5.41) is 0. The summed E-state index contributed by atoms with van der Waals surface area (Å²) in [7, 11) is 0. The third-order valence-corrected chi connectivity index (χ3v) is 2.52. The third kappa shape index (κ3) is 3.52. The maximum Gasteiger partial charge on any atom is 0.413 e. The van der Waals surface area contributed by atoms with Gasteiger partial charge in [0.05, 0.1) is 6.61 Å². The zero-order valence-electron chi connectivity index (χ0n) is 9.91. The maximum absolute atomic E-state index is 12.4. The highest BCUT2D eigenvalue weighted by Gasteiger charge is 2.73. The van der Waals surface area contributed by atoms with Crippen molar-refractivity contribution >= 4 is 5.97 Å². The number of unbranched alkanes of at least 4 members (excludes halogenated alkanes) is 2. The van der Waals surface area contributed by atoms with E-state index >= 15 is 0 Å². The third-order valence-electron chi connectivity index (χ3n) is 2.52. The SMILES string of the molecule is CCCCCOC(=O)C(C)(C(F)(F)F)C(F)(F)F. The molecule has 0 radical (unpaired) electrons. The summed E-state index contributed by atoms with van der Waals surface area (Å²) in [6.07, 6.45) is -10.00. The first-order chi connectivity index (χ1) is 7.98. The monoisotopic (exact) mass is 280 g/mol. The van der Waals surface area contributed by atoms with Gasteiger partial charge in [-0.1, -0.05) is 19.8 Å². The fourth-order valence-electron chi connectivity index (χ4n) is 1.05. The molecule has 0 rings (SSSR count). The second-order valence-corrected chi connectivity index (χ2v) is 3.96. The van der Waals surface area contributed by atoms with Crippen LogP contribution in [0.2, 0.25) is 0 Å². The maximum atomic E-state index is 12.4. The lowest BCUT2D eigenvalue weighted by molar-refractivity contribution is -0.326. The first kappa shape index (κ1) is 17.1. The molecule has 0 heterocycles. The van der Waals surface area contributed by atoms with Crippen LogP contribution < -0.4 is 0 Å². The Kier molecular flexibility index (Phi) is 5.49.